The molecule has 1 heterocycles. The van der Waals surface area contributed by atoms with Crippen LogP contribution in [-0.2, 0) is 4.79 Å². The molecule has 7 nitrogen and oxygen atoms in total. The maximum absolute atomic E-state index is 12.6. The van der Waals surface area contributed by atoms with Gasteiger partial charge >= 0.3 is 0 Å². The van der Waals surface area contributed by atoms with Gasteiger partial charge in [-0.2, -0.15) is 10.1 Å². The Morgan fingerprint density at radius 2 is 2.00 bits per heavy atom. The van der Waals surface area contributed by atoms with Gasteiger partial charge in [0.15, 0.2) is 0 Å². The smallest absolute Gasteiger partial charge is 0.269 e. The predicted molar refractivity (Wildman–Crippen MR) is 83.3 cm³/mol. The van der Waals surface area contributed by atoms with E-state index >= 15 is 0 Å². The number of nitro benzene ring substituents is 1. The molecular weight excluding hydrogens is 284 g/mol. The molecule has 1 aliphatic carbocycles. The van der Waals surface area contributed by atoms with Gasteiger partial charge in [0.05, 0.1) is 22.4 Å². The standard InChI is InChI=1S/C15H16N4O3/c1-9(16-11-3-4-11)14-10(2)17-18(15(14)20)12-5-7-13(8-6-12)19(21)22/h5-8,11,14H,3-4H2,1-2H3/t14-/m1/s1. The Bertz CT molecular complexity index is 689. The lowest BCUT2D eigenvalue weighted by Gasteiger charge is -2.14. The van der Waals surface area contributed by atoms with Gasteiger partial charge in [0.25, 0.3) is 11.6 Å². The molecule has 0 spiro atoms. The molecule has 1 aliphatic heterocycles. The van der Waals surface area contributed by atoms with E-state index in [-0.39, 0.29) is 11.6 Å². The molecule has 114 valence electrons. The summed E-state index contributed by atoms with van der Waals surface area (Å²) in [6, 6.07) is 6.15. The molecule has 1 amide bonds. The lowest BCUT2D eigenvalue weighted by molar-refractivity contribution is -0.384. The highest BCUT2D eigenvalue weighted by Gasteiger charge is 2.37. The van der Waals surface area contributed by atoms with Crippen molar-refractivity contribution in [3.8, 4) is 0 Å². The average Bonchev–Trinajstić information content (AvgIpc) is 3.23. The number of nitrogens with zero attached hydrogens (tertiary/aromatic N) is 4. The third-order valence-corrected chi connectivity index (χ3v) is 3.79. The summed E-state index contributed by atoms with van der Waals surface area (Å²) >= 11 is 0. The average molecular weight is 300 g/mol. The molecule has 1 saturated carbocycles. The second-order valence-corrected chi connectivity index (χ2v) is 5.60. The summed E-state index contributed by atoms with van der Waals surface area (Å²) in [5.41, 5.74) is 2.00. The number of carbonyl (C=O) groups excluding carboxylic acids is 1. The molecule has 0 bridgehead atoms. The van der Waals surface area contributed by atoms with E-state index in [4.69, 9.17) is 0 Å². The van der Waals surface area contributed by atoms with Crippen molar-refractivity contribution >= 4 is 28.7 Å². The normalized spacial score (nSPS) is 22.0. The Balaban J connectivity index is 1.84. The number of carbonyl (C=O) groups is 1. The maximum Gasteiger partial charge on any atom is 0.269 e. The van der Waals surface area contributed by atoms with E-state index in [9.17, 15) is 14.9 Å². The van der Waals surface area contributed by atoms with Gasteiger partial charge in [0.2, 0.25) is 0 Å². The molecule has 2 aliphatic rings. The van der Waals surface area contributed by atoms with Gasteiger partial charge in [0, 0.05) is 17.8 Å². The van der Waals surface area contributed by atoms with Crippen LogP contribution in [0.4, 0.5) is 11.4 Å². The van der Waals surface area contributed by atoms with Crippen molar-refractivity contribution in [3.05, 3.63) is 34.4 Å². The fourth-order valence-electron chi connectivity index (χ4n) is 2.51. The van der Waals surface area contributed by atoms with Crippen LogP contribution in [0.5, 0.6) is 0 Å². The van der Waals surface area contributed by atoms with Crippen molar-refractivity contribution in [1.82, 2.24) is 0 Å². The quantitative estimate of drug-likeness (QED) is 0.486. The van der Waals surface area contributed by atoms with E-state index in [0.717, 1.165) is 18.6 Å². The van der Waals surface area contributed by atoms with Gasteiger partial charge in [-0.25, -0.2) is 0 Å². The molecule has 0 aromatic heterocycles. The Morgan fingerprint density at radius 3 is 2.55 bits per heavy atom. The Kier molecular flexibility index (Phi) is 3.48. The molecule has 0 radical (unpaired) electrons. The molecule has 7 heteroatoms. The first-order chi connectivity index (χ1) is 10.5. The molecule has 3 rings (SSSR count). The number of hydrazone groups is 1. The minimum Gasteiger partial charge on any atom is -0.290 e. The van der Waals surface area contributed by atoms with Crippen LogP contribution in [0.25, 0.3) is 0 Å². The van der Waals surface area contributed by atoms with Gasteiger partial charge in [-0.3, -0.25) is 19.9 Å². The number of rotatable bonds is 4. The number of anilines is 1. The molecule has 0 N–H and O–H groups in total. The van der Waals surface area contributed by atoms with E-state index in [0.29, 0.717) is 17.4 Å². The maximum atomic E-state index is 12.6. The summed E-state index contributed by atoms with van der Waals surface area (Å²) in [4.78, 5) is 27.3. The van der Waals surface area contributed by atoms with Crippen molar-refractivity contribution in [2.24, 2.45) is 16.0 Å². The fraction of sp³-hybridized carbons (Fsp3) is 0.400. The zero-order valence-corrected chi connectivity index (χ0v) is 12.4. The number of hydrogen-bond acceptors (Lipinski definition) is 5. The molecule has 1 aromatic carbocycles. The summed E-state index contributed by atoms with van der Waals surface area (Å²) < 4.78 is 0. The van der Waals surface area contributed by atoms with Crippen molar-refractivity contribution in [2.75, 3.05) is 5.01 Å². The minimum absolute atomic E-state index is 0.0147. The van der Waals surface area contributed by atoms with Crippen LogP contribution in [0, 0.1) is 16.0 Å². The van der Waals surface area contributed by atoms with Crippen LogP contribution in [0.15, 0.2) is 34.4 Å². The largest absolute Gasteiger partial charge is 0.290 e. The highest BCUT2D eigenvalue weighted by Crippen LogP contribution is 2.29. The minimum atomic E-state index is -0.473. The van der Waals surface area contributed by atoms with E-state index < -0.39 is 10.8 Å². The number of aliphatic imine (C=N–C) groups is 1. The first-order valence-corrected chi connectivity index (χ1v) is 7.15. The van der Waals surface area contributed by atoms with Crippen LogP contribution < -0.4 is 5.01 Å². The molecule has 0 unspecified atom stereocenters. The summed E-state index contributed by atoms with van der Waals surface area (Å²) in [6.07, 6.45) is 2.17. The third-order valence-electron chi connectivity index (χ3n) is 3.79. The van der Waals surface area contributed by atoms with Gasteiger partial charge in [-0.15, -0.1) is 0 Å². The number of nitro groups is 1. The fourth-order valence-corrected chi connectivity index (χ4v) is 2.51. The summed E-state index contributed by atoms with van der Waals surface area (Å²) in [5, 5.41) is 16.3. The van der Waals surface area contributed by atoms with Crippen molar-refractivity contribution < 1.29 is 9.72 Å². The predicted octanol–water partition coefficient (Wildman–Crippen LogP) is 2.56. The zero-order chi connectivity index (χ0) is 15.9. The third kappa shape index (κ3) is 2.61. The Hall–Kier alpha value is -2.57. The summed E-state index contributed by atoms with van der Waals surface area (Å²) in [6.45, 7) is 3.67. The Labute approximate surface area is 127 Å². The molecule has 1 aromatic rings. The van der Waals surface area contributed by atoms with E-state index in [2.05, 4.69) is 10.1 Å². The zero-order valence-electron chi connectivity index (χ0n) is 12.4. The van der Waals surface area contributed by atoms with Crippen LogP contribution >= 0.6 is 0 Å². The lowest BCUT2D eigenvalue weighted by atomic mass is 9.99. The van der Waals surface area contributed by atoms with Gasteiger partial charge in [-0.1, -0.05) is 0 Å². The summed E-state index contributed by atoms with van der Waals surface area (Å²) in [7, 11) is 0. The van der Waals surface area contributed by atoms with Crippen LogP contribution in [0.3, 0.4) is 0 Å². The number of amides is 1. The monoisotopic (exact) mass is 300 g/mol. The number of hydrogen-bond donors (Lipinski definition) is 0. The molecule has 0 saturated heterocycles. The molecular formula is C15H16N4O3. The van der Waals surface area contributed by atoms with E-state index in [1.54, 1.807) is 6.92 Å². The van der Waals surface area contributed by atoms with Crippen molar-refractivity contribution in [1.29, 1.82) is 0 Å². The highest BCUT2D eigenvalue weighted by molar-refractivity contribution is 6.27. The van der Waals surface area contributed by atoms with Gasteiger partial charge < -0.3 is 0 Å². The van der Waals surface area contributed by atoms with Gasteiger partial charge in [-0.05, 0) is 38.8 Å². The van der Waals surface area contributed by atoms with Crippen LogP contribution in [0.1, 0.15) is 26.7 Å². The van der Waals surface area contributed by atoms with Crippen LogP contribution in [-0.4, -0.2) is 28.3 Å². The second kappa shape index (κ2) is 5.32. The summed E-state index contributed by atoms with van der Waals surface area (Å²) in [5.74, 6) is -0.580. The van der Waals surface area contributed by atoms with Crippen molar-refractivity contribution in [2.45, 2.75) is 32.7 Å². The van der Waals surface area contributed by atoms with Crippen molar-refractivity contribution in [3.63, 3.8) is 0 Å². The van der Waals surface area contributed by atoms with Gasteiger partial charge in [0.1, 0.15) is 5.92 Å². The first-order valence-electron chi connectivity index (χ1n) is 7.15. The number of benzene rings is 1. The van der Waals surface area contributed by atoms with E-state index in [1.807, 2.05) is 6.92 Å². The topological polar surface area (TPSA) is 88.2 Å². The SMILES string of the molecule is CC(=NC1CC1)[C@H]1C(=O)N(c2ccc([N+](=O)[O-])cc2)N=C1C. The highest BCUT2D eigenvalue weighted by atomic mass is 16.6. The number of non-ortho nitro benzene ring substituents is 1. The lowest BCUT2D eigenvalue weighted by Crippen LogP contribution is -2.31. The Morgan fingerprint density at radius 1 is 1.36 bits per heavy atom. The molecule has 22 heavy (non-hydrogen) atoms. The molecule has 1 fully saturated rings. The van der Waals surface area contributed by atoms with E-state index in [1.165, 1.54) is 29.3 Å². The second-order valence-electron chi connectivity index (χ2n) is 5.60. The molecule has 1 atom stereocenters. The van der Waals surface area contributed by atoms with Crippen LogP contribution in [0.2, 0.25) is 0 Å². The first kappa shape index (κ1) is 14.4.